The molecule has 96 valence electrons. The van der Waals surface area contributed by atoms with Crippen LogP contribution in [0, 0.1) is 18.3 Å². The van der Waals surface area contributed by atoms with Gasteiger partial charge in [-0.25, -0.2) is 9.97 Å². The van der Waals surface area contributed by atoms with E-state index in [1.807, 2.05) is 13.0 Å². The molecule has 0 bridgehead atoms. The maximum absolute atomic E-state index is 8.74. The number of aryl methyl sites for hydroxylation is 1. The maximum atomic E-state index is 8.74. The van der Waals surface area contributed by atoms with Gasteiger partial charge in [0.15, 0.2) is 0 Å². The van der Waals surface area contributed by atoms with Gasteiger partial charge in [-0.05, 0) is 24.5 Å². The molecule has 0 aliphatic heterocycles. The van der Waals surface area contributed by atoms with E-state index in [0.29, 0.717) is 11.7 Å². The summed E-state index contributed by atoms with van der Waals surface area (Å²) in [7, 11) is 0. The standard InChI is InChI=1S/C16H17N3/c1-11(2)13-4-6-14(7-5-13)15-10-12(3)18-16(19-15)8-9-17/h4-7,10-11H,8H2,1-3H3. The van der Waals surface area contributed by atoms with E-state index in [0.717, 1.165) is 17.0 Å². The van der Waals surface area contributed by atoms with Gasteiger partial charge in [-0.1, -0.05) is 38.1 Å². The van der Waals surface area contributed by atoms with Gasteiger partial charge in [0.1, 0.15) is 5.82 Å². The molecule has 0 N–H and O–H groups in total. The van der Waals surface area contributed by atoms with E-state index in [-0.39, 0.29) is 6.42 Å². The lowest BCUT2D eigenvalue weighted by Crippen LogP contribution is -1.98. The molecule has 2 aromatic rings. The van der Waals surface area contributed by atoms with E-state index >= 15 is 0 Å². The Morgan fingerprint density at radius 1 is 1.16 bits per heavy atom. The summed E-state index contributed by atoms with van der Waals surface area (Å²) in [6.45, 7) is 6.28. The number of hydrogen-bond acceptors (Lipinski definition) is 3. The zero-order chi connectivity index (χ0) is 13.8. The van der Waals surface area contributed by atoms with Crippen LogP contribution in [0.4, 0.5) is 0 Å². The topological polar surface area (TPSA) is 49.6 Å². The van der Waals surface area contributed by atoms with Gasteiger partial charge in [0.05, 0.1) is 18.2 Å². The van der Waals surface area contributed by atoms with Crippen molar-refractivity contribution >= 4 is 0 Å². The van der Waals surface area contributed by atoms with E-state index in [9.17, 15) is 0 Å². The first kappa shape index (κ1) is 13.2. The Bertz CT molecular complexity index is 607. The highest BCUT2D eigenvalue weighted by Crippen LogP contribution is 2.21. The maximum Gasteiger partial charge on any atom is 0.143 e. The quantitative estimate of drug-likeness (QED) is 0.836. The third-order valence-corrected chi connectivity index (χ3v) is 3.01. The van der Waals surface area contributed by atoms with Crippen molar-refractivity contribution in [2.24, 2.45) is 0 Å². The predicted molar refractivity (Wildman–Crippen MR) is 75.6 cm³/mol. The minimum absolute atomic E-state index is 0.249. The van der Waals surface area contributed by atoms with E-state index in [2.05, 4.69) is 54.2 Å². The summed E-state index contributed by atoms with van der Waals surface area (Å²) in [4.78, 5) is 8.70. The molecule has 3 nitrogen and oxygen atoms in total. The predicted octanol–water partition coefficient (Wildman–Crippen LogP) is 3.64. The number of nitriles is 1. The summed E-state index contributed by atoms with van der Waals surface area (Å²) in [5.74, 6) is 1.11. The fraction of sp³-hybridized carbons (Fsp3) is 0.312. The van der Waals surface area contributed by atoms with Gasteiger partial charge < -0.3 is 0 Å². The van der Waals surface area contributed by atoms with E-state index < -0.39 is 0 Å². The lowest BCUT2D eigenvalue weighted by Gasteiger charge is -2.08. The van der Waals surface area contributed by atoms with Crippen LogP contribution in [-0.2, 0) is 6.42 Å². The van der Waals surface area contributed by atoms with Crippen molar-refractivity contribution in [3.05, 3.63) is 47.4 Å². The fourth-order valence-corrected chi connectivity index (χ4v) is 1.97. The molecule has 1 aromatic carbocycles. The van der Waals surface area contributed by atoms with Crippen molar-refractivity contribution in [1.29, 1.82) is 5.26 Å². The molecule has 0 saturated carbocycles. The average molecular weight is 251 g/mol. The third kappa shape index (κ3) is 3.17. The van der Waals surface area contributed by atoms with Crippen molar-refractivity contribution in [2.75, 3.05) is 0 Å². The molecule has 0 aliphatic carbocycles. The van der Waals surface area contributed by atoms with Crippen LogP contribution in [0.1, 0.15) is 36.8 Å². The largest absolute Gasteiger partial charge is 0.237 e. The molecular formula is C16H17N3. The second-order valence-corrected chi connectivity index (χ2v) is 4.92. The Hall–Kier alpha value is -2.21. The zero-order valence-corrected chi connectivity index (χ0v) is 11.5. The molecule has 0 radical (unpaired) electrons. The fourth-order valence-electron chi connectivity index (χ4n) is 1.97. The van der Waals surface area contributed by atoms with Crippen molar-refractivity contribution in [2.45, 2.75) is 33.1 Å². The lowest BCUT2D eigenvalue weighted by molar-refractivity contribution is 0.867. The summed E-state index contributed by atoms with van der Waals surface area (Å²) in [6.07, 6.45) is 0.249. The number of aromatic nitrogens is 2. The smallest absolute Gasteiger partial charge is 0.143 e. The first-order chi connectivity index (χ1) is 9.10. The molecule has 0 spiro atoms. The van der Waals surface area contributed by atoms with E-state index in [4.69, 9.17) is 5.26 Å². The summed E-state index contributed by atoms with van der Waals surface area (Å²) >= 11 is 0. The molecule has 0 fully saturated rings. The lowest BCUT2D eigenvalue weighted by atomic mass is 10.0. The molecule has 19 heavy (non-hydrogen) atoms. The Balaban J connectivity index is 2.38. The van der Waals surface area contributed by atoms with Crippen LogP contribution in [0.5, 0.6) is 0 Å². The normalized spacial score (nSPS) is 10.5. The molecule has 0 atom stereocenters. The minimum atomic E-state index is 0.249. The first-order valence-corrected chi connectivity index (χ1v) is 6.42. The molecule has 0 unspecified atom stereocenters. The van der Waals surface area contributed by atoms with Gasteiger partial charge in [-0.3, -0.25) is 0 Å². The Morgan fingerprint density at radius 3 is 2.42 bits per heavy atom. The van der Waals surface area contributed by atoms with Gasteiger partial charge in [-0.15, -0.1) is 0 Å². The summed E-state index contributed by atoms with van der Waals surface area (Å²) in [5, 5.41) is 8.74. The summed E-state index contributed by atoms with van der Waals surface area (Å²) < 4.78 is 0. The molecule has 2 rings (SSSR count). The van der Waals surface area contributed by atoms with E-state index in [1.165, 1.54) is 5.56 Å². The van der Waals surface area contributed by atoms with Crippen LogP contribution in [0.2, 0.25) is 0 Å². The number of benzene rings is 1. The molecular weight excluding hydrogens is 234 g/mol. The second-order valence-electron chi connectivity index (χ2n) is 4.92. The molecule has 1 aromatic heterocycles. The molecule has 3 heteroatoms. The van der Waals surface area contributed by atoms with E-state index in [1.54, 1.807) is 0 Å². The van der Waals surface area contributed by atoms with Crippen LogP contribution in [0.3, 0.4) is 0 Å². The van der Waals surface area contributed by atoms with Gasteiger partial charge in [0.2, 0.25) is 0 Å². The van der Waals surface area contributed by atoms with Gasteiger partial charge >= 0.3 is 0 Å². The molecule has 0 aliphatic rings. The molecule has 1 heterocycles. The summed E-state index contributed by atoms with van der Waals surface area (Å²) in [6, 6.07) is 12.4. The van der Waals surface area contributed by atoms with Crippen LogP contribution in [-0.4, -0.2) is 9.97 Å². The first-order valence-electron chi connectivity index (χ1n) is 6.42. The van der Waals surface area contributed by atoms with Crippen LogP contribution in [0.15, 0.2) is 30.3 Å². The Morgan fingerprint density at radius 2 is 1.84 bits per heavy atom. The number of hydrogen-bond donors (Lipinski definition) is 0. The van der Waals surface area contributed by atoms with Crippen LogP contribution < -0.4 is 0 Å². The monoisotopic (exact) mass is 251 g/mol. The molecule has 0 saturated heterocycles. The minimum Gasteiger partial charge on any atom is -0.237 e. The van der Waals surface area contributed by atoms with Crippen LogP contribution >= 0.6 is 0 Å². The highest BCUT2D eigenvalue weighted by molar-refractivity contribution is 5.59. The average Bonchev–Trinajstić information content (AvgIpc) is 2.38. The SMILES string of the molecule is Cc1cc(-c2ccc(C(C)C)cc2)nc(CC#N)n1. The van der Waals surface area contributed by atoms with Gasteiger partial charge in [0, 0.05) is 11.3 Å². The van der Waals surface area contributed by atoms with Crippen molar-refractivity contribution < 1.29 is 0 Å². The zero-order valence-electron chi connectivity index (χ0n) is 11.5. The van der Waals surface area contributed by atoms with Crippen molar-refractivity contribution in [3.8, 4) is 17.3 Å². The third-order valence-electron chi connectivity index (χ3n) is 3.01. The highest BCUT2D eigenvalue weighted by atomic mass is 14.9. The van der Waals surface area contributed by atoms with Gasteiger partial charge in [-0.2, -0.15) is 5.26 Å². The number of nitrogens with zero attached hydrogens (tertiary/aromatic N) is 3. The highest BCUT2D eigenvalue weighted by Gasteiger charge is 2.05. The Kier molecular flexibility index (Phi) is 3.91. The van der Waals surface area contributed by atoms with Crippen LogP contribution in [0.25, 0.3) is 11.3 Å². The second kappa shape index (κ2) is 5.62. The number of rotatable bonds is 3. The van der Waals surface area contributed by atoms with Crippen molar-refractivity contribution in [1.82, 2.24) is 9.97 Å². The van der Waals surface area contributed by atoms with Gasteiger partial charge in [0.25, 0.3) is 0 Å². The van der Waals surface area contributed by atoms with Crippen molar-refractivity contribution in [3.63, 3.8) is 0 Å². The summed E-state index contributed by atoms with van der Waals surface area (Å²) in [5.41, 5.74) is 4.15. The Labute approximate surface area is 114 Å². The molecule has 0 amide bonds.